The van der Waals surface area contributed by atoms with Gasteiger partial charge in [-0.3, -0.25) is 0 Å². The molecular weight excluding hydrogens is 390 g/mol. The molecule has 1 aromatic rings. The second kappa shape index (κ2) is 10.8. The Bertz CT molecular complexity index is 788. The molecule has 1 amide bonds. The van der Waals surface area contributed by atoms with Crippen molar-refractivity contribution in [2.75, 3.05) is 41.0 Å². The summed E-state index contributed by atoms with van der Waals surface area (Å²) in [6.45, 7) is 6.73. The highest BCUT2D eigenvalue weighted by Crippen LogP contribution is 2.43. The summed E-state index contributed by atoms with van der Waals surface area (Å²) in [6, 6.07) is 3.47. The molecule has 0 radical (unpaired) electrons. The Kier molecular flexibility index (Phi) is 8.38. The SMILES string of the molecule is CCOC(=O)C1Oc2c(OC)ccc(OC)c2C=C1CN(CCC(C)C)C(=O)OC. The molecule has 0 aliphatic carbocycles. The molecule has 0 spiro atoms. The van der Waals surface area contributed by atoms with Gasteiger partial charge in [0.15, 0.2) is 11.5 Å². The monoisotopic (exact) mass is 421 g/mol. The van der Waals surface area contributed by atoms with Gasteiger partial charge in [-0.2, -0.15) is 0 Å². The van der Waals surface area contributed by atoms with Crippen molar-refractivity contribution < 1.29 is 33.3 Å². The maximum Gasteiger partial charge on any atom is 0.409 e. The molecule has 1 atom stereocenters. The minimum Gasteiger partial charge on any atom is -0.496 e. The van der Waals surface area contributed by atoms with Crippen molar-refractivity contribution in [2.24, 2.45) is 5.92 Å². The van der Waals surface area contributed by atoms with E-state index < -0.39 is 18.2 Å². The highest BCUT2D eigenvalue weighted by molar-refractivity contribution is 5.85. The number of methoxy groups -OCH3 is 3. The number of ether oxygens (including phenoxy) is 5. The first-order chi connectivity index (χ1) is 14.4. The summed E-state index contributed by atoms with van der Waals surface area (Å²) in [5.41, 5.74) is 1.21. The number of rotatable bonds is 9. The molecule has 0 N–H and O–H groups in total. The number of carbonyl (C=O) groups excluding carboxylic acids is 2. The number of amides is 1. The number of fused-ring (bicyclic) bond motifs is 1. The van der Waals surface area contributed by atoms with Gasteiger partial charge in [-0.25, -0.2) is 9.59 Å². The van der Waals surface area contributed by atoms with E-state index in [4.69, 9.17) is 23.7 Å². The van der Waals surface area contributed by atoms with Gasteiger partial charge in [-0.05, 0) is 37.5 Å². The van der Waals surface area contributed by atoms with E-state index in [2.05, 4.69) is 13.8 Å². The standard InChI is InChI=1S/C22H31NO7/c1-7-29-21(24)19-15(13-23(22(25)28-6)11-10-14(2)3)12-16-17(26-4)8-9-18(27-5)20(16)30-19/h8-9,12,14,19H,7,10-11,13H2,1-6H3. The van der Waals surface area contributed by atoms with E-state index >= 15 is 0 Å². The van der Waals surface area contributed by atoms with Gasteiger partial charge in [0, 0.05) is 18.7 Å². The zero-order valence-corrected chi connectivity index (χ0v) is 18.5. The summed E-state index contributed by atoms with van der Waals surface area (Å²) in [5, 5.41) is 0. The van der Waals surface area contributed by atoms with E-state index in [9.17, 15) is 9.59 Å². The van der Waals surface area contributed by atoms with Crippen LogP contribution in [0.4, 0.5) is 4.79 Å². The lowest BCUT2D eigenvalue weighted by Crippen LogP contribution is -2.41. The zero-order valence-electron chi connectivity index (χ0n) is 18.5. The lowest BCUT2D eigenvalue weighted by atomic mass is 9.99. The normalized spacial score (nSPS) is 14.9. The predicted octanol–water partition coefficient (Wildman–Crippen LogP) is 3.53. The topological polar surface area (TPSA) is 83.5 Å². The first-order valence-electron chi connectivity index (χ1n) is 9.97. The number of hydrogen-bond donors (Lipinski definition) is 0. The van der Waals surface area contributed by atoms with Crippen LogP contribution in [0, 0.1) is 5.92 Å². The van der Waals surface area contributed by atoms with Crippen molar-refractivity contribution >= 4 is 18.1 Å². The fourth-order valence-corrected chi connectivity index (χ4v) is 3.16. The van der Waals surface area contributed by atoms with Crippen molar-refractivity contribution in [3.8, 4) is 17.2 Å². The smallest absolute Gasteiger partial charge is 0.409 e. The molecule has 0 saturated carbocycles. The van der Waals surface area contributed by atoms with Crippen molar-refractivity contribution in [2.45, 2.75) is 33.3 Å². The van der Waals surface area contributed by atoms with Crippen LogP contribution in [-0.4, -0.2) is 64.1 Å². The molecule has 1 heterocycles. The molecule has 30 heavy (non-hydrogen) atoms. The molecule has 0 aromatic heterocycles. The van der Waals surface area contributed by atoms with Crippen LogP contribution in [0.15, 0.2) is 17.7 Å². The van der Waals surface area contributed by atoms with Crippen LogP contribution in [0.25, 0.3) is 6.08 Å². The maximum atomic E-state index is 12.7. The Morgan fingerprint density at radius 3 is 2.37 bits per heavy atom. The second-order valence-electron chi connectivity index (χ2n) is 7.26. The van der Waals surface area contributed by atoms with E-state index in [1.54, 1.807) is 37.1 Å². The lowest BCUT2D eigenvalue weighted by molar-refractivity contribution is -0.149. The fraction of sp³-hybridized carbons (Fsp3) is 0.545. The molecular formula is C22H31NO7. The average Bonchev–Trinajstić information content (AvgIpc) is 2.74. The van der Waals surface area contributed by atoms with Gasteiger partial charge in [-0.1, -0.05) is 13.8 Å². The summed E-state index contributed by atoms with van der Waals surface area (Å²) in [6.07, 6.45) is 1.11. The van der Waals surface area contributed by atoms with E-state index in [1.165, 1.54) is 14.2 Å². The molecule has 1 unspecified atom stereocenters. The van der Waals surface area contributed by atoms with Gasteiger partial charge in [-0.15, -0.1) is 0 Å². The minimum atomic E-state index is -1.01. The molecule has 166 valence electrons. The third-order valence-corrected chi connectivity index (χ3v) is 4.75. The van der Waals surface area contributed by atoms with Crippen LogP contribution in [-0.2, 0) is 14.3 Å². The molecule has 0 bridgehead atoms. The summed E-state index contributed by atoms with van der Waals surface area (Å²) < 4.78 is 27.0. The molecule has 8 nitrogen and oxygen atoms in total. The molecule has 1 aliphatic heterocycles. The molecule has 8 heteroatoms. The van der Waals surface area contributed by atoms with Gasteiger partial charge in [0.25, 0.3) is 0 Å². The second-order valence-corrected chi connectivity index (χ2v) is 7.26. The Morgan fingerprint density at radius 2 is 1.80 bits per heavy atom. The Labute approximate surface area is 177 Å². The number of hydrogen-bond acceptors (Lipinski definition) is 7. The van der Waals surface area contributed by atoms with Crippen molar-refractivity contribution in [1.82, 2.24) is 4.90 Å². The predicted molar refractivity (Wildman–Crippen MR) is 112 cm³/mol. The van der Waals surface area contributed by atoms with Gasteiger partial charge in [0.2, 0.25) is 6.10 Å². The van der Waals surface area contributed by atoms with Gasteiger partial charge in [0.05, 0.1) is 33.5 Å². The van der Waals surface area contributed by atoms with Gasteiger partial charge in [0.1, 0.15) is 5.75 Å². The number of nitrogens with zero attached hydrogens (tertiary/aromatic N) is 1. The first-order valence-corrected chi connectivity index (χ1v) is 9.97. The number of esters is 1. The fourth-order valence-electron chi connectivity index (χ4n) is 3.16. The zero-order chi connectivity index (χ0) is 22.3. The number of carbonyl (C=O) groups is 2. The molecule has 0 saturated heterocycles. The largest absolute Gasteiger partial charge is 0.496 e. The maximum absolute atomic E-state index is 12.7. The minimum absolute atomic E-state index is 0.155. The van der Waals surface area contributed by atoms with Crippen LogP contribution in [0.5, 0.6) is 17.2 Å². The summed E-state index contributed by atoms with van der Waals surface area (Å²) in [5.74, 6) is 1.30. The Morgan fingerprint density at radius 1 is 1.13 bits per heavy atom. The summed E-state index contributed by atoms with van der Waals surface area (Å²) in [4.78, 5) is 26.6. The summed E-state index contributed by atoms with van der Waals surface area (Å²) in [7, 11) is 4.41. The van der Waals surface area contributed by atoms with Crippen molar-refractivity contribution in [1.29, 1.82) is 0 Å². The molecule has 1 aliphatic rings. The van der Waals surface area contributed by atoms with E-state index in [0.29, 0.717) is 40.8 Å². The first kappa shape index (κ1) is 23.4. The van der Waals surface area contributed by atoms with Gasteiger partial charge >= 0.3 is 12.1 Å². The molecule has 1 aromatic carbocycles. The molecule has 2 rings (SSSR count). The van der Waals surface area contributed by atoms with Crippen molar-refractivity contribution in [3.05, 3.63) is 23.3 Å². The quantitative estimate of drug-likeness (QED) is 0.564. The average molecular weight is 421 g/mol. The molecule has 0 fully saturated rings. The highest BCUT2D eigenvalue weighted by atomic mass is 16.6. The van der Waals surface area contributed by atoms with Crippen LogP contribution in [0.2, 0.25) is 0 Å². The highest BCUT2D eigenvalue weighted by Gasteiger charge is 2.35. The van der Waals surface area contributed by atoms with Gasteiger partial charge < -0.3 is 28.6 Å². The van der Waals surface area contributed by atoms with E-state index in [-0.39, 0.29) is 13.2 Å². The van der Waals surface area contributed by atoms with Crippen LogP contribution in [0.3, 0.4) is 0 Å². The Hall–Kier alpha value is -2.90. The van der Waals surface area contributed by atoms with E-state index in [0.717, 1.165) is 6.42 Å². The Balaban J connectivity index is 2.49. The van der Waals surface area contributed by atoms with E-state index in [1.807, 2.05) is 0 Å². The lowest BCUT2D eigenvalue weighted by Gasteiger charge is -2.31. The van der Waals surface area contributed by atoms with Crippen LogP contribution >= 0.6 is 0 Å². The third kappa shape index (κ3) is 5.37. The van der Waals surface area contributed by atoms with Crippen molar-refractivity contribution in [3.63, 3.8) is 0 Å². The van der Waals surface area contributed by atoms with Crippen LogP contribution in [0.1, 0.15) is 32.8 Å². The van der Waals surface area contributed by atoms with Crippen LogP contribution < -0.4 is 14.2 Å². The third-order valence-electron chi connectivity index (χ3n) is 4.75. The number of benzene rings is 1. The summed E-state index contributed by atoms with van der Waals surface area (Å²) >= 11 is 0.